The van der Waals surface area contributed by atoms with Gasteiger partial charge in [0.05, 0.1) is 10.7 Å². The summed E-state index contributed by atoms with van der Waals surface area (Å²) in [7, 11) is 1.42. The van der Waals surface area contributed by atoms with Crippen LogP contribution in [0.4, 0.5) is 10.5 Å². The van der Waals surface area contributed by atoms with E-state index in [4.69, 9.17) is 11.6 Å². The van der Waals surface area contributed by atoms with Gasteiger partial charge in [0.1, 0.15) is 6.09 Å². The first-order valence-electron chi connectivity index (χ1n) is 4.67. The number of hydrogen-bond acceptors (Lipinski definition) is 2. The highest BCUT2D eigenvalue weighted by atomic mass is 35.5. The first kappa shape index (κ1) is 11.9. The van der Waals surface area contributed by atoms with Gasteiger partial charge in [-0.15, -0.1) is 0 Å². The van der Waals surface area contributed by atoms with Gasteiger partial charge in [0, 0.05) is 7.05 Å². The minimum Gasteiger partial charge on any atom is -0.530 e. The number of hydrogen-bond donors (Lipinski definition) is 0. The van der Waals surface area contributed by atoms with E-state index in [0.29, 0.717) is 16.6 Å². The number of anilines is 1. The molecule has 4 heteroatoms. The van der Waals surface area contributed by atoms with Crippen LogP contribution in [0.25, 0.3) is 0 Å². The Hall–Kier alpha value is -1.22. The summed E-state index contributed by atoms with van der Waals surface area (Å²) < 4.78 is 0. The smallest absolute Gasteiger partial charge is 0.141 e. The Kier molecular flexibility index (Phi) is 3.58. The fraction of sp³-hybridized carbons (Fsp3) is 0.364. The van der Waals surface area contributed by atoms with Crippen LogP contribution in [0.2, 0.25) is 5.02 Å². The SMILES string of the molecule is CC(C)c1ccc(Cl)c(N(C)C(=O)[O-])c1. The monoisotopic (exact) mass is 226 g/mol. The van der Waals surface area contributed by atoms with Crippen molar-refractivity contribution in [3.8, 4) is 0 Å². The van der Waals surface area contributed by atoms with Gasteiger partial charge in [-0.2, -0.15) is 0 Å². The number of rotatable bonds is 2. The maximum atomic E-state index is 10.7. The minimum atomic E-state index is -1.27. The normalized spacial score (nSPS) is 10.5. The first-order valence-corrected chi connectivity index (χ1v) is 5.05. The zero-order valence-electron chi connectivity index (χ0n) is 8.95. The quantitative estimate of drug-likeness (QED) is 0.776. The first-order chi connectivity index (χ1) is 6.93. The highest BCUT2D eigenvalue weighted by Crippen LogP contribution is 2.28. The molecule has 0 aromatic heterocycles. The van der Waals surface area contributed by atoms with Crippen molar-refractivity contribution in [2.75, 3.05) is 11.9 Å². The molecule has 0 aliphatic heterocycles. The second-order valence-corrected chi connectivity index (χ2v) is 4.10. The summed E-state index contributed by atoms with van der Waals surface area (Å²) in [4.78, 5) is 11.7. The van der Waals surface area contributed by atoms with E-state index in [1.54, 1.807) is 12.1 Å². The number of carboxylic acid groups (broad SMARTS) is 1. The third kappa shape index (κ3) is 2.63. The molecule has 0 atom stereocenters. The zero-order chi connectivity index (χ0) is 11.6. The van der Waals surface area contributed by atoms with Gasteiger partial charge in [0.2, 0.25) is 0 Å². The standard InChI is InChI=1S/C11H14ClNO2/c1-7(2)8-4-5-9(12)10(6-8)13(3)11(14)15/h4-7H,1-3H3,(H,14,15)/p-1. The van der Waals surface area contributed by atoms with Crippen molar-refractivity contribution in [1.29, 1.82) is 0 Å². The predicted octanol–water partition coefficient (Wildman–Crippen LogP) is 2.24. The molecular formula is C11H13ClNO2-. The van der Waals surface area contributed by atoms with Crippen LogP contribution in [-0.4, -0.2) is 13.1 Å². The van der Waals surface area contributed by atoms with Crippen molar-refractivity contribution >= 4 is 23.4 Å². The highest BCUT2D eigenvalue weighted by molar-refractivity contribution is 6.33. The van der Waals surface area contributed by atoms with Gasteiger partial charge in [0.25, 0.3) is 0 Å². The van der Waals surface area contributed by atoms with Crippen LogP contribution < -0.4 is 10.0 Å². The molecule has 0 unspecified atom stereocenters. The molecule has 15 heavy (non-hydrogen) atoms. The van der Waals surface area contributed by atoms with Crippen LogP contribution in [0, 0.1) is 0 Å². The summed E-state index contributed by atoms with van der Waals surface area (Å²) in [5.41, 5.74) is 1.50. The molecule has 1 aromatic carbocycles. The van der Waals surface area contributed by atoms with E-state index in [1.807, 2.05) is 19.9 Å². The van der Waals surface area contributed by atoms with Crippen molar-refractivity contribution in [3.63, 3.8) is 0 Å². The molecule has 0 aliphatic rings. The Morgan fingerprint density at radius 1 is 1.47 bits per heavy atom. The molecule has 0 heterocycles. The van der Waals surface area contributed by atoms with Crippen LogP contribution in [0.15, 0.2) is 18.2 Å². The van der Waals surface area contributed by atoms with Crippen LogP contribution in [0.1, 0.15) is 25.3 Å². The Balaban J connectivity index is 3.16. The Bertz CT molecular complexity index is 377. The molecule has 1 rings (SSSR count). The molecule has 0 fully saturated rings. The maximum Gasteiger partial charge on any atom is 0.141 e. The topological polar surface area (TPSA) is 43.4 Å². The van der Waals surface area contributed by atoms with Gasteiger partial charge < -0.3 is 14.8 Å². The van der Waals surface area contributed by atoms with Crippen molar-refractivity contribution in [2.45, 2.75) is 19.8 Å². The van der Waals surface area contributed by atoms with Crippen LogP contribution in [0.3, 0.4) is 0 Å². The molecule has 0 N–H and O–H groups in total. The number of carbonyl (C=O) groups excluding carboxylic acids is 1. The molecule has 0 saturated heterocycles. The highest BCUT2D eigenvalue weighted by Gasteiger charge is 2.09. The van der Waals surface area contributed by atoms with Gasteiger partial charge >= 0.3 is 0 Å². The van der Waals surface area contributed by atoms with E-state index < -0.39 is 6.09 Å². The number of carbonyl (C=O) groups is 1. The summed E-state index contributed by atoms with van der Waals surface area (Å²) in [6.45, 7) is 4.07. The van der Waals surface area contributed by atoms with Crippen LogP contribution >= 0.6 is 11.6 Å². The molecule has 0 saturated carbocycles. The number of benzene rings is 1. The average Bonchev–Trinajstić information content (AvgIpc) is 2.16. The predicted molar refractivity (Wildman–Crippen MR) is 59.3 cm³/mol. The third-order valence-corrected chi connectivity index (χ3v) is 2.59. The lowest BCUT2D eigenvalue weighted by Gasteiger charge is -2.22. The Morgan fingerprint density at radius 2 is 2.07 bits per heavy atom. The van der Waals surface area contributed by atoms with Gasteiger partial charge in [-0.25, -0.2) is 0 Å². The van der Waals surface area contributed by atoms with E-state index in [9.17, 15) is 9.90 Å². The second kappa shape index (κ2) is 4.53. The van der Waals surface area contributed by atoms with E-state index in [0.717, 1.165) is 10.5 Å². The summed E-state index contributed by atoms with van der Waals surface area (Å²) in [6, 6.07) is 5.36. The Morgan fingerprint density at radius 3 is 2.53 bits per heavy atom. The molecule has 0 radical (unpaired) electrons. The van der Waals surface area contributed by atoms with Crippen molar-refractivity contribution in [2.24, 2.45) is 0 Å². The molecule has 3 nitrogen and oxygen atoms in total. The van der Waals surface area contributed by atoms with Crippen molar-refractivity contribution in [1.82, 2.24) is 0 Å². The lowest BCUT2D eigenvalue weighted by molar-refractivity contribution is -0.246. The average molecular weight is 227 g/mol. The molecule has 1 aromatic rings. The van der Waals surface area contributed by atoms with Gasteiger partial charge in [-0.3, -0.25) is 0 Å². The van der Waals surface area contributed by atoms with E-state index in [2.05, 4.69) is 0 Å². The number of amides is 1. The largest absolute Gasteiger partial charge is 0.530 e. The zero-order valence-corrected chi connectivity index (χ0v) is 9.71. The summed E-state index contributed by atoms with van der Waals surface area (Å²) >= 11 is 5.91. The minimum absolute atomic E-state index is 0.330. The summed E-state index contributed by atoms with van der Waals surface area (Å²) in [5.74, 6) is 0.330. The van der Waals surface area contributed by atoms with E-state index >= 15 is 0 Å². The van der Waals surface area contributed by atoms with E-state index in [1.165, 1.54) is 7.05 Å². The molecule has 1 amide bonds. The number of halogens is 1. The van der Waals surface area contributed by atoms with Crippen LogP contribution in [-0.2, 0) is 0 Å². The molecule has 82 valence electrons. The third-order valence-electron chi connectivity index (χ3n) is 2.27. The van der Waals surface area contributed by atoms with Crippen LogP contribution in [0.5, 0.6) is 0 Å². The summed E-state index contributed by atoms with van der Waals surface area (Å²) in [6.07, 6.45) is -1.27. The Labute approximate surface area is 94.3 Å². The lowest BCUT2D eigenvalue weighted by Crippen LogP contribution is -2.38. The molecule has 0 bridgehead atoms. The fourth-order valence-electron chi connectivity index (χ4n) is 1.24. The maximum absolute atomic E-state index is 10.7. The van der Waals surface area contributed by atoms with Gasteiger partial charge in [0.15, 0.2) is 0 Å². The number of nitrogens with zero attached hydrogens (tertiary/aromatic N) is 1. The molecule has 0 spiro atoms. The summed E-state index contributed by atoms with van der Waals surface area (Å²) in [5, 5.41) is 11.1. The fourth-order valence-corrected chi connectivity index (χ4v) is 1.49. The van der Waals surface area contributed by atoms with Gasteiger partial charge in [-0.05, 0) is 23.6 Å². The lowest BCUT2D eigenvalue weighted by atomic mass is 10.0. The van der Waals surface area contributed by atoms with Gasteiger partial charge in [-0.1, -0.05) is 31.5 Å². The van der Waals surface area contributed by atoms with Crippen molar-refractivity contribution in [3.05, 3.63) is 28.8 Å². The van der Waals surface area contributed by atoms with E-state index in [-0.39, 0.29) is 0 Å². The second-order valence-electron chi connectivity index (χ2n) is 3.69. The molecule has 0 aliphatic carbocycles. The molecular weight excluding hydrogens is 214 g/mol. The van der Waals surface area contributed by atoms with Crippen molar-refractivity contribution < 1.29 is 9.90 Å².